The van der Waals surface area contributed by atoms with Crippen LogP contribution in [-0.4, -0.2) is 31.2 Å². The van der Waals surface area contributed by atoms with Crippen LogP contribution in [0.2, 0.25) is 0 Å². The van der Waals surface area contributed by atoms with E-state index in [0.29, 0.717) is 37.4 Å². The Labute approximate surface area is 136 Å². The van der Waals surface area contributed by atoms with Crippen molar-refractivity contribution in [3.05, 3.63) is 29.3 Å². The van der Waals surface area contributed by atoms with E-state index in [1.165, 1.54) is 5.56 Å². The van der Waals surface area contributed by atoms with Crippen molar-refractivity contribution >= 4 is 17.5 Å². The largest absolute Gasteiger partial charge is 0.496 e. The zero-order valence-corrected chi connectivity index (χ0v) is 13.8. The van der Waals surface area contributed by atoms with E-state index in [2.05, 4.69) is 41.8 Å². The summed E-state index contributed by atoms with van der Waals surface area (Å²) in [6.45, 7) is 4.77. The molecule has 0 unspecified atom stereocenters. The lowest BCUT2D eigenvalue weighted by molar-refractivity contribution is -0.121. The third-order valence-corrected chi connectivity index (χ3v) is 3.82. The van der Waals surface area contributed by atoms with Crippen LogP contribution in [0.1, 0.15) is 43.7 Å². The number of nitrogens with one attached hydrogen (secondary N) is 2. The van der Waals surface area contributed by atoms with Crippen LogP contribution < -0.4 is 15.5 Å². The third kappa shape index (κ3) is 4.55. The molecule has 23 heavy (non-hydrogen) atoms. The average molecular weight is 317 g/mol. The van der Waals surface area contributed by atoms with Crippen molar-refractivity contribution < 1.29 is 14.3 Å². The van der Waals surface area contributed by atoms with E-state index in [4.69, 9.17) is 4.74 Å². The van der Waals surface area contributed by atoms with E-state index < -0.39 is 0 Å². The van der Waals surface area contributed by atoms with Crippen LogP contribution in [0.25, 0.3) is 0 Å². The molecular weight excluding hydrogens is 294 g/mol. The monoisotopic (exact) mass is 317 g/mol. The number of rotatable bonds is 6. The van der Waals surface area contributed by atoms with Crippen molar-refractivity contribution in [3.63, 3.8) is 0 Å². The molecule has 124 valence electrons. The summed E-state index contributed by atoms with van der Waals surface area (Å²) in [6, 6.07) is 6.15. The Balaban J connectivity index is 1.94. The summed E-state index contributed by atoms with van der Waals surface area (Å²) in [6.07, 6.45) is 1.36. The number of carbonyl (C=O) groups excluding carboxylic acids is 2. The lowest BCUT2D eigenvalue weighted by Crippen LogP contribution is -2.37. The van der Waals surface area contributed by atoms with Gasteiger partial charge in [-0.25, -0.2) is 5.43 Å². The standard InChI is InChI=1S/C17H23N3O3/c1-11(2)12-4-6-15(23-3)13(10-12)8-9-18-17(22)14-5-7-16(21)20-19-14/h4,6,10-11H,5,7-9H2,1-3H3,(H,18,22)(H,20,21). The van der Waals surface area contributed by atoms with Crippen LogP contribution in [0.5, 0.6) is 5.75 Å². The first kappa shape index (κ1) is 17.0. The van der Waals surface area contributed by atoms with Gasteiger partial charge in [-0.1, -0.05) is 26.0 Å². The first-order valence-corrected chi connectivity index (χ1v) is 7.81. The van der Waals surface area contributed by atoms with E-state index in [1.807, 2.05) is 6.07 Å². The summed E-state index contributed by atoms with van der Waals surface area (Å²) in [5.74, 6) is 0.876. The summed E-state index contributed by atoms with van der Waals surface area (Å²) in [5, 5.41) is 6.63. The molecule has 0 atom stereocenters. The molecule has 0 saturated heterocycles. The molecule has 0 bridgehead atoms. The van der Waals surface area contributed by atoms with Crippen LogP contribution in [0.4, 0.5) is 0 Å². The zero-order chi connectivity index (χ0) is 16.8. The Morgan fingerprint density at radius 2 is 2.17 bits per heavy atom. The SMILES string of the molecule is COc1ccc(C(C)C)cc1CCNC(=O)C1=NNC(=O)CC1. The quantitative estimate of drug-likeness (QED) is 0.839. The maximum absolute atomic E-state index is 12.0. The molecule has 6 heteroatoms. The van der Waals surface area contributed by atoms with E-state index in [-0.39, 0.29) is 11.8 Å². The highest BCUT2D eigenvalue weighted by Crippen LogP contribution is 2.24. The molecule has 1 aliphatic rings. The van der Waals surface area contributed by atoms with Gasteiger partial charge in [-0.3, -0.25) is 9.59 Å². The molecular formula is C17H23N3O3. The molecule has 0 radical (unpaired) electrons. The smallest absolute Gasteiger partial charge is 0.267 e. The molecule has 1 aliphatic heterocycles. The third-order valence-electron chi connectivity index (χ3n) is 3.82. The Morgan fingerprint density at radius 1 is 1.39 bits per heavy atom. The summed E-state index contributed by atoms with van der Waals surface area (Å²) in [5.41, 5.74) is 5.01. The molecule has 0 spiro atoms. The van der Waals surface area contributed by atoms with Gasteiger partial charge < -0.3 is 10.1 Å². The Bertz CT molecular complexity index is 624. The average Bonchev–Trinajstić information content (AvgIpc) is 2.55. The van der Waals surface area contributed by atoms with Gasteiger partial charge in [0.15, 0.2) is 0 Å². The number of methoxy groups -OCH3 is 1. The fourth-order valence-electron chi connectivity index (χ4n) is 2.40. The van der Waals surface area contributed by atoms with Crippen LogP contribution in [-0.2, 0) is 16.0 Å². The van der Waals surface area contributed by atoms with E-state index in [1.54, 1.807) is 7.11 Å². The number of nitrogens with zero attached hydrogens (tertiary/aromatic N) is 1. The summed E-state index contributed by atoms with van der Waals surface area (Å²) < 4.78 is 5.38. The fourth-order valence-corrected chi connectivity index (χ4v) is 2.40. The van der Waals surface area contributed by atoms with Gasteiger partial charge in [-0.05, 0) is 29.5 Å². The lowest BCUT2D eigenvalue weighted by Gasteiger charge is -2.14. The highest BCUT2D eigenvalue weighted by molar-refractivity contribution is 6.39. The number of hydrogen-bond acceptors (Lipinski definition) is 4. The maximum atomic E-state index is 12.0. The number of hydrogen-bond donors (Lipinski definition) is 2. The number of ether oxygens (including phenoxy) is 1. The Hall–Kier alpha value is -2.37. The number of amides is 2. The molecule has 1 aromatic carbocycles. The molecule has 2 N–H and O–H groups in total. The minimum absolute atomic E-state index is 0.156. The van der Waals surface area contributed by atoms with Gasteiger partial charge in [0, 0.05) is 19.4 Å². The topological polar surface area (TPSA) is 79.8 Å². The maximum Gasteiger partial charge on any atom is 0.267 e. The molecule has 0 aliphatic carbocycles. The van der Waals surface area contributed by atoms with Crippen LogP contribution in [0, 0.1) is 0 Å². The van der Waals surface area contributed by atoms with E-state index >= 15 is 0 Å². The molecule has 0 saturated carbocycles. The van der Waals surface area contributed by atoms with Gasteiger partial charge in [0.2, 0.25) is 5.91 Å². The van der Waals surface area contributed by atoms with E-state index in [9.17, 15) is 9.59 Å². The van der Waals surface area contributed by atoms with Crippen molar-refractivity contribution in [1.82, 2.24) is 10.7 Å². The predicted molar refractivity (Wildman–Crippen MR) is 88.6 cm³/mol. The molecule has 6 nitrogen and oxygen atoms in total. The van der Waals surface area contributed by atoms with Crippen molar-refractivity contribution in [2.24, 2.45) is 5.10 Å². The van der Waals surface area contributed by atoms with Gasteiger partial charge in [-0.15, -0.1) is 0 Å². The van der Waals surface area contributed by atoms with Crippen molar-refractivity contribution in [1.29, 1.82) is 0 Å². The minimum atomic E-state index is -0.232. The second-order valence-electron chi connectivity index (χ2n) is 5.83. The zero-order valence-electron chi connectivity index (χ0n) is 13.8. The predicted octanol–water partition coefficient (Wildman–Crippen LogP) is 1.74. The molecule has 1 aromatic rings. The number of benzene rings is 1. The first-order valence-electron chi connectivity index (χ1n) is 7.81. The molecule has 0 aromatic heterocycles. The normalized spacial score (nSPS) is 14.3. The fraction of sp³-hybridized carbons (Fsp3) is 0.471. The van der Waals surface area contributed by atoms with Crippen LogP contribution in [0.15, 0.2) is 23.3 Å². The van der Waals surface area contributed by atoms with Crippen LogP contribution >= 0.6 is 0 Å². The molecule has 0 fully saturated rings. The number of hydrazone groups is 1. The first-order chi connectivity index (χ1) is 11.0. The van der Waals surface area contributed by atoms with Gasteiger partial charge in [0.05, 0.1) is 7.11 Å². The van der Waals surface area contributed by atoms with Crippen molar-refractivity contribution in [3.8, 4) is 5.75 Å². The minimum Gasteiger partial charge on any atom is -0.496 e. The second-order valence-corrected chi connectivity index (χ2v) is 5.83. The van der Waals surface area contributed by atoms with Crippen LogP contribution in [0.3, 0.4) is 0 Å². The van der Waals surface area contributed by atoms with Gasteiger partial charge in [-0.2, -0.15) is 5.10 Å². The lowest BCUT2D eigenvalue weighted by atomic mass is 9.99. The highest BCUT2D eigenvalue weighted by Gasteiger charge is 2.18. The number of carbonyl (C=O) groups is 2. The second kappa shape index (κ2) is 7.76. The Morgan fingerprint density at radius 3 is 2.78 bits per heavy atom. The summed E-state index contributed by atoms with van der Waals surface area (Å²) in [7, 11) is 1.64. The molecule has 2 amide bonds. The van der Waals surface area contributed by atoms with Gasteiger partial charge >= 0.3 is 0 Å². The van der Waals surface area contributed by atoms with Gasteiger partial charge in [0.1, 0.15) is 11.5 Å². The summed E-state index contributed by atoms with van der Waals surface area (Å²) >= 11 is 0. The van der Waals surface area contributed by atoms with Crippen molar-refractivity contribution in [2.45, 2.75) is 39.0 Å². The van der Waals surface area contributed by atoms with Crippen molar-refractivity contribution in [2.75, 3.05) is 13.7 Å². The van der Waals surface area contributed by atoms with Gasteiger partial charge in [0.25, 0.3) is 5.91 Å². The molecule has 1 heterocycles. The molecule has 2 rings (SSSR count). The summed E-state index contributed by atoms with van der Waals surface area (Å²) in [4.78, 5) is 23.0. The highest BCUT2D eigenvalue weighted by atomic mass is 16.5. The van der Waals surface area contributed by atoms with E-state index in [0.717, 1.165) is 11.3 Å². The Kier molecular flexibility index (Phi) is 5.73.